The Balaban J connectivity index is 1.74. The van der Waals surface area contributed by atoms with E-state index in [4.69, 9.17) is 19.4 Å². The Labute approximate surface area is 164 Å². The minimum absolute atomic E-state index is 0.623. The summed E-state index contributed by atoms with van der Waals surface area (Å²) in [6.07, 6.45) is 3.83. The Kier molecular flexibility index (Phi) is 5.27. The second kappa shape index (κ2) is 7.82. The van der Waals surface area contributed by atoms with Gasteiger partial charge in [-0.1, -0.05) is 18.6 Å². The van der Waals surface area contributed by atoms with E-state index in [1.54, 1.807) is 18.4 Å². The number of hydrogen-bond acceptors (Lipinski definition) is 6. The average molecular weight is 384 g/mol. The van der Waals surface area contributed by atoms with Crippen LogP contribution in [-0.4, -0.2) is 35.1 Å². The van der Waals surface area contributed by atoms with Gasteiger partial charge in [-0.2, -0.15) is 4.98 Å². The molecular weight excluding hydrogens is 358 g/mol. The van der Waals surface area contributed by atoms with E-state index in [9.17, 15) is 0 Å². The molecule has 1 aliphatic heterocycles. The van der Waals surface area contributed by atoms with E-state index in [1.807, 2.05) is 24.3 Å². The molecule has 6 heteroatoms. The predicted octanol–water partition coefficient (Wildman–Crippen LogP) is 5.09. The summed E-state index contributed by atoms with van der Waals surface area (Å²) in [4.78, 5) is 14.3. The van der Waals surface area contributed by atoms with Crippen LogP contribution >= 0.6 is 11.3 Å². The molecule has 0 saturated carbocycles. The topological polar surface area (TPSA) is 47.5 Å². The first-order chi connectivity index (χ1) is 13.2. The van der Waals surface area contributed by atoms with Crippen LogP contribution in [0, 0.1) is 13.8 Å². The van der Waals surface area contributed by atoms with E-state index in [0.29, 0.717) is 17.4 Å². The van der Waals surface area contributed by atoms with Gasteiger partial charge in [-0.25, -0.2) is 4.98 Å². The summed E-state index contributed by atoms with van der Waals surface area (Å²) in [6.45, 7) is 7.24. The summed E-state index contributed by atoms with van der Waals surface area (Å²) in [5.41, 5.74) is 1.18. The second-order valence-electron chi connectivity index (χ2n) is 7.00. The Morgan fingerprint density at radius 1 is 1.04 bits per heavy atom. The number of nitrogens with zero attached hydrogens (tertiary/aromatic N) is 3. The second-order valence-corrected chi connectivity index (χ2v) is 8.20. The normalized spacial score (nSPS) is 15.2. The lowest BCUT2D eigenvalue weighted by Gasteiger charge is -2.25. The molecule has 0 atom stereocenters. The van der Waals surface area contributed by atoms with Crippen molar-refractivity contribution in [2.75, 3.05) is 20.2 Å². The number of methoxy groups -OCH3 is 1. The third-order valence-corrected chi connectivity index (χ3v) is 6.23. The average Bonchev–Trinajstić information content (AvgIpc) is 2.97. The smallest absolute Gasteiger partial charge is 0.231 e. The number of para-hydroxylation sites is 2. The SMILES string of the molecule is COc1ccccc1Oc1nc(CN2CCCCC2)nc2sc(C)c(C)c12. The highest BCUT2D eigenvalue weighted by molar-refractivity contribution is 7.18. The van der Waals surface area contributed by atoms with Crippen molar-refractivity contribution in [2.45, 2.75) is 39.7 Å². The van der Waals surface area contributed by atoms with Gasteiger partial charge in [0.2, 0.25) is 5.88 Å². The largest absolute Gasteiger partial charge is 0.493 e. The number of rotatable bonds is 5. The van der Waals surface area contributed by atoms with Gasteiger partial charge in [0.25, 0.3) is 0 Å². The first kappa shape index (κ1) is 18.2. The van der Waals surface area contributed by atoms with Crippen molar-refractivity contribution < 1.29 is 9.47 Å². The molecule has 0 bridgehead atoms. The summed E-state index contributed by atoms with van der Waals surface area (Å²) in [6, 6.07) is 7.68. The van der Waals surface area contributed by atoms with Crippen LogP contribution in [0.4, 0.5) is 0 Å². The molecule has 1 aromatic carbocycles. The summed E-state index contributed by atoms with van der Waals surface area (Å²) in [7, 11) is 1.65. The third kappa shape index (κ3) is 3.77. The van der Waals surface area contributed by atoms with Gasteiger partial charge in [-0.3, -0.25) is 4.90 Å². The maximum Gasteiger partial charge on any atom is 0.231 e. The number of aryl methyl sites for hydroxylation is 2. The van der Waals surface area contributed by atoms with Crippen molar-refractivity contribution in [2.24, 2.45) is 0 Å². The van der Waals surface area contributed by atoms with Crippen LogP contribution in [-0.2, 0) is 6.54 Å². The van der Waals surface area contributed by atoms with Gasteiger partial charge in [-0.05, 0) is 57.5 Å². The van der Waals surface area contributed by atoms with Gasteiger partial charge in [0.15, 0.2) is 11.5 Å². The van der Waals surface area contributed by atoms with Crippen molar-refractivity contribution in [3.63, 3.8) is 0 Å². The fraction of sp³-hybridized carbons (Fsp3) is 0.429. The maximum atomic E-state index is 6.25. The molecule has 0 N–H and O–H groups in total. The molecule has 5 nitrogen and oxygen atoms in total. The van der Waals surface area contributed by atoms with Crippen LogP contribution in [0.15, 0.2) is 24.3 Å². The molecule has 0 spiro atoms. The zero-order valence-corrected chi connectivity index (χ0v) is 16.9. The summed E-state index contributed by atoms with van der Waals surface area (Å²) < 4.78 is 11.7. The molecule has 4 rings (SSSR count). The molecule has 0 amide bonds. The van der Waals surface area contributed by atoms with Crippen molar-refractivity contribution in [3.05, 3.63) is 40.5 Å². The molecule has 1 fully saturated rings. The highest BCUT2D eigenvalue weighted by Gasteiger charge is 2.19. The Morgan fingerprint density at radius 2 is 1.78 bits per heavy atom. The highest BCUT2D eigenvalue weighted by atomic mass is 32.1. The molecule has 3 aromatic rings. The fourth-order valence-electron chi connectivity index (χ4n) is 3.52. The van der Waals surface area contributed by atoms with Crippen LogP contribution in [0.5, 0.6) is 17.4 Å². The van der Waals surface area contributed by atoms with E-state index in [-0.39, 0.29) is 0 Å². The van der Waals surface area contributed by atoms with Gasteiger partial charge in [0.05, 0.1) is 19.0 Å². The Morgan fingerprint density at radius 3 is 2.52 bits per heavy atom. The Bertz CT molecular complexity index is 948. The number of fused-ring (bicyclic) bond motifs is 1. The van der Waals surface area contributed by atoms with Gasteiger partial charge >= 0.3 is 0 Å². The number of aromatic nitrogens is 2. The van der Waals surface area contributed by atoms with E-state index in [2.05, 4.69) is 18.7 Å². The zero-order valence-electron chi connectivity index (χ0n) is 16.1. The van der Waals surface area contributed by atoms with Gasteiger partial charge in [-0.15, -0.1) is 11.3 Å². The van der Waals surface area contributed by atoms with E-state index < -0.39 is 0 Å². The van der Waals surface area contributed by atoms with Gasteiger partial charge in [0.1, 0.15) is 10.7 Å². The molecule has 0 aliphatic carbocycles. The summed E-state index contributed by atoms with van der Waals surface area (Å²) in [5, 5.41) is 1.01. The van der Waals surface area contributed by atoms with Crippen molar-refractivity contribution in [1.82, 2.24) is 14.9 Å². The first-order valence-corrected chi connectivity index (χ1v) is 10.3. The highest BCUT2D eigenvalue weighted by Crippen LogP contribution is 2.38. The van der Waals surface area contributed by atoms with Crippen molar-refractivity contribution in [1.29, 1.82) is 0 Å². The zero-order chi connectivity index (χ0) is 18.8. The molecule has 1 aliphatic rings. The standard InChI is InChI=1S/C21H25N3O2S/c1-14-15(2)27-21-19(14)20(26-17-10-6-5-9-16(17)25-3)22-18(23-21)13-24-11-7-4-8-12-24/h5-6,9-10H,4,7-8,11-13H2,1-3H3. The van der Waals surface area contributed by atoms with Gasteiger partial charge < -0.3 is 9.47 Å². The van der Waals surface area contributed by atoms with E-state index >= 15 is 0 Å². The summed E-state index contributed by atoms with van der Waals surface area (Å²) >= 11 is 1.71. The van der Waals surface area contributed by atoms with E-state index in [1.165, 1.54) is 29.7 Å². The van der Waals surface area contributed by atoms with Crippen molar-refractivity contribution >= 4 is 21.6 Å². The van der Waals surface area contributed by atoms with Gasteiger partial charge in [0, 0.05) is 4.88 Å². The Hall–Kier alpha value is -2.18. The molecule has 3 heterocycles. The molecule has 27 heavy (non-hydrogen) atoms. The molecule has 2 aromatic heterocycles. The lowest BCUT2D eigenvalue weighted by molar-refractivity contribution is 0.215. The van der Waals surface area contributed by atoms with Crippen LogP contribution in [0.1, 0.15) is 35.5 Å². The minimum Gasteiger partial charge on any atom is -0.493 e. The number of likely N-dealkylation sites (tertiary alicyclic amines) is 1. The lowest BCUT2D eigenvalue weighted by atomic mass is 10.1. The molecule has 142 valence electrons. The van der Waals surface area contributed by atoms with E-state index in [0.717, 1.165) is 35.7 Å². The quantitative estimate of drug-likeness (QED) is 0.614. The summed E-state index contributed by atoms with van der Waals surface area (Å²) in [5.74, 6) is 2.83. The van der Waals surface area contributed by atoms with Crippen LogP contribution in [0.25, 0.3) is 10.2 Å². The predicted molar refractivity (Wildman–Crippen MR) is 109 cm³/mol. The van der Waals surface area contributed by atoms with Crippen LogP contribution in [0.3, 0.4) is 0 Å². The lowest BCUT2D eigenvalue weighted by Crippen LogP contribution is -2.29. The molecule has 0 unspecified atom stereocenters. The third-order valence-electron chi connectivity index (χ3n) is 5.13. The number of ether oxygens (including phenoxy) is 2. The number of hydrogen-bond donors (Lipinski definition) is 0. The van der Waals surface area contributed by atoms with Crippen molar-refractivity contribution in [3.8, 4) is 17.4 Å². The first-order valence-electron chi connectivity index (χ1n) is 9.45. The number of piperidine rings is 1. The molecular formula is C21H25N3O2S. The fourth-order valence-corrected chi connectivity index (χ4v) is 4.56. The maximum absolute atomic E-state index is 6.25. The number of benzene rings is 1. The molecule has 1 saturated heterocycles. The monoisotopic (exact) mass is 383 g/mol. The molecule has 0 radical (unpaired) electrons. The number of thiophene rings is 1. The van der Waals surface area contributed by atoms with Crippen LogP contribution < -0.4 is 9.47 Å². The minimum atomic E-state index is 0.623. The van der Waals surface area contributed by atoms with Crippen LogP contribution in [0.2, 0.25) is 0 Å².